The topological polar surface area (TPSA) is 35.5 Å². The van der Waals surface area contributed by atoms with Gasteiger partial charge in [-0.3, -0.25) is 0 Å². The number of carbonyl (C=O) groups excluding carboxylic acids is 1. The summed E-state index contributed by atoms with van der Waals surface area (Å²) in [7, 11) is 0. The first-order chi connectivity index (χ1) is 5.83. The van der Waals surface area contributed by atoms with E-state index in [1.807, 2.05) is 0 Å². The van der Waals surface area contributed by atoms with E-state index in [4.69, 9.17) is 9.47 Å². The van der Waals surface area contributed by atoms with E-state index in [0.717, 1.165) is 25.0 Å². The van der Waals surface area contributed by atoms with E-state index >= 15 is 0 Å². The first-order valence-electron chi connectivity index (χ1n) is 4.27. The summed E-state index contributed by atoms with van der Waals surface area (Å²) < 4.78 is 9.96. The van der Waals surface area contributed by atoms with Crippen molar-refractivity contribution in [2.24, 2.45) is 0 Å². The van der Waals surface area contributed by atoms with E-state index in [-0.39, 0.29) is 5.97 Å². The van der Waals surface area contributed by atoms with Crippen LogP contribution in [0, 0.1) is 0 Å². The minimum Gasteiger partial charge on any atom is -0.463 e. The largest absolute Gasteiger partial charge is 0.463 e. The molecule has 0 N–H and O–H groups in total. The van der Waals surface area contributed by atoms with Gasteiger partial charge in [-0.1, -0.05) is 0 Å². The molecule has 1 rings (SSSR count). The highest BCUT2D eigenvalue weighted by molar-refractivity contribution is 5.82. The maximum atomic E-state index is 11.0. The molecule has 0 radical (unpaired) electrons. The normalized spacial score (nSPS) is 20.9. The summed E-state index contributed by atoms with van der Waals surface area (Å²) >= 11 is 0. The Labute approximate surface area is 72.4 Å². The third-order valence-corrected chi connectivity index (χ3v) is 1.68. The quantitative estimate of drug-likeness (QED) is 0.462. The lowest BCUT2D eigenvalue weighted by atomic mass is 10.1. The molecule has 1 aliphatic heterocycles. The molecule has 0 aromatic heterocycles. The minimum atomic E-state index is -0.252. The lowest BCUT2D eigenvalue weighted by Crippen LogP contribution is -2.10. The average Bonchev–Trinajstić information content (AvgIpc) is 2.06. The van der Waals surface area contributed by atoms with E-state index in [1.165, 1.54) is 0 Å². The number of rotatable bonds is 2. The maximum absolute atomic E-state index is 11.0. The van der Waals surface area contributed by atoms with Crippen molar-refractivity contribution in [2.45, 2.75) is 19.8 Å². The van der Waals surface area contributed by atoms with Crippen LogP contribution in [-0.2, 0) is 14.3 Å². The Morgan fingerprint density at radius 2 is 2.58 bits per heavy atom. The van der Waals surface area contributed by atoms with Crippen molar-refractivity contribution in [3.63, 3.8) is 0 Å². The second kappa shape index (κ2) is 4.93. The molecule has 0 spiro atoms. The van der Waals surface area contributed by atoms with Gasteiger partial charge in [0.05, 0.1) is 13.2 Å². The van der Waals surface area contributed by atoms with Gasteiger partial charge in [-0.15, -0.1) is 0 Å². The molecule has 0 bridgehead atoms. The number of hydrogen-bond acceptors (Lipinski definition) is 3. The molecule has 0 aromatic carbocycles. The average molecular weight is 170 g/mol. The van der Waals surface area contributed by atoms with E-state index in [0.29, 0.717) is 13.2 Å². The molecule has 1 fully saturated rings. The van der Waals surface area contributed by atoms with E-state index in [9.17, 15) is 4.79 Å². The summed E-state index contributed by atoms with van der Waals surface area (Å²) in [6.45, 7) is 3.62. The van der Waals surface area contributed by atoms with Crippen LogP contribution >= 0.6 is 0 Å². The molecular formula is C9H14O3. The summed E-state index contributed by atoms with van der Waals surface area (Å²) in [5.74, 6) is -0.252. The molecule has 1 aliphatic rings. The highest BCUT2D eigenvalue weighted by Gasteiger charge is 2.07. The van der Waals surface area contributed by atoms with E-state index < -0.39 is 0 Å². The van der Waals surface area contributed by atoms with Gasteiger partial charge < -0.3 is 9.47 Å². The van der Waals surface area contributed by atoms with Gasteiger partial charge in [0.15, 0.2) is 0 Å². The van der Waals surface area contributed by atoms with E-state index in [1.54, 1.807) is 13.0 Å². The van der Waals surface area contributed by atoms with Crippen LogP contribution in [0.1, 0.15) is 19.8 Å². The fourth-order valence-corrected chi connectivity index (χ4v) is 1.14. The van der Waals surface area contributed by atoms with Crippen molar-refractivity contribution in [3.05, 3.63) is 11.6 Å². The number of carbonyl (C=O) groups is 1. The molecule has 0 aliphatic carbocycles. The summed E-state index contributed by atoms with van der Waals surface area (Å²) in [5.41, 5.74) is 1.04. The second-order valence-electron chi connectivity index (χ2n) is 2.71. The maximum Gasteiger partial charge on any atom is 0.330 e. The lowest BCUT2D eigenvalue weighted by Gasteiger charge is -2.13. The van der Waals surface area contributed by atoms with Gasteiger partial charge in [-0.05, 0) is 25.3 Å². The summed E-state index contributed by atoms with van der Waals surface area (Å²) in [5, 5.41) is 0. The summed E-state index contributed by atoms with van der Waals surface area (Å²) in [6.07, 6.45) is 3.51. The van der Waals surface area contributed by atoms with E-state index in [2.05, 4.69) is 0 Å². The van der Waals surface area contributed by atoms with Crippen LogP contribution in [0.3, 0.4) is 0 Å². The molecule has 12 heavy (non-hydrogen) atoms. The Kier molecular flexibility index (Phi) is 3.80. The SMILES string of the molecule is CCOC(=O)/C=C1/CCCOC1. The van der Waals surface area contributed by atoms with Gasteiger partial charge in [-0.25, -0.2) is 4.79 Å². The lowest BCUT2D eigenvalue weighted by molar-refractivity contribution is -0.137. The Balaban J connectivity index is 2.37. The zero-order chi connectivity index (χ0) is 8.81. The fraction of sp³-hybridized carbons (Fsp3) is 0.667. The molecule has 3 nitrogen and oxygen atoms in total. The monoisotopic (exact) mass is 170 g/mol. The second-order valence-corrected chi connectivity index (χ2v) is 2.71. The highest BCUT2D eigenvalue weighted by Crippen LogP contribution is 2.11. The van der Waals surface area contributed by atoms with Gasteiger partial charge in [-0.2, -0.15) is 0 Å². The van der Waals surface area contributed by atoms with Crippen LogP contribution in [0.25, 0.3) is 0 Å². The molecular weight excluding hydrogens is 156 g/mol. The third-order valence-electron chi connectivity index (χ3n) is 1.68. The van der Waals surface area contributed by atoms with Gasteiger partial charge in [0, 0.05) is 12.7 Å². The zero-order valence-electron chi connectivity index (χ0n) is 7.34. The molecule has 1 heterocycles. The van der Waals surface area contributed by atoms with Crippen LogP contribution in [0.4, 0.5) is 0 Å². The predicted octanol–water partition coefficient (Wildman–Crippen LogP) is 1.29. The molecule has 68 valence electrons. The highest BCUT2D eigenvalue weighted by atomic mass is 16.5. The van der Waals surface area contributed by atoms with Gasteiger partial charge >= 0.3 is 5.97 Å². The molecule has 0 aromatic rings. The predicted molar refractivity (Wildman–Crippen MR) is 44.8 cm³/mol. The van der Waals surface area contributed by atoms with Crippen molar-refractivity contribution < 1.29 is 14.3 Å². The van der Waals surface area contributed by atoms with Crippen LogP contribution in [0.5, 0.6) is 0 Å². The van der Waals surface area contributed by atoms with Crippen LogP contribution in [0.15, 0.2) is 11.6 Å². The molecule has 0 saturated carbocycles. The standard InChI is InChI=1S/C9H14O3/c1-2-12-9(10)6-8-4-3-5-11-7-8/h6H,2-5,7H2,1H3/b8-6-. The minimum absolute atomic E-state index is 0.252. The zero-order valence-corrected chi connectivity index (χ0v) is 7.34. The van der Waals surface area contributed by atoms with Gasteiger partial charge in [0.25, 0.3) is 0 Å². The smallest absolute Gasteiger partial charge is 0.330 e. The Morgan fingerprint density at radius 3 is 3.17 bits per heavy atom. The molecule has 0 amide bonds. The van der Waals surface area contributed by atoms with Crippen molar-refractivity contribution in [1.82, 2.24) is 0 Å². The molecule has 1 saturated heterocycles. The fourth-order valence-electron chi connectivity index (χ4n) is 1.14. The number of esters is 1. The Hall–Kier alpha value is -0.830. The number of hydrogen-bond donors (Lipinski definition) is 0. The van der Waals surface area contributed by atoms with Crippen molar-refractivity contribution in [2.75, 3.05) is 19.8 Å². The van der Waals surface area contributed by atoms with Crippen LogP contribution in [0.2, 0.25) is 0 Å². The first kappa shape index (κ1) is 9.26. The molecule has 0 atom stereocenters. The van der Waals surface area contributed by atoms with Crippen LogP contribution in [-0.4, -0.2) is 25.8 Å². The van der Waals surface area contributed by atoms with Crippen molar-refractivity contribution in [1.29, 1.82) is 0 Å². The van der Waals surface area contributed by atoms with Crippen molar-refractivity contribution in [3.8, 4) is 0 Å². The molecule has 3 heteroatoms. The van der Waals surface area contributed by atoms with Gasteiger partial charge in [0.2, 0.25) is 0 Å². The van der Waals surface area contributed by atoms with Crippen molar-refractivity contribution >= 4 is 5.97 Å². The summed E-state index contributed by atoms with van der Waals surface area (Å²) in [4.78, 5) is 11.0. The Bertz CT molecular complexity index is 176. The van der Waals surface area contributed by atoms with Gasteiger partial charge in [0.1, 0.15) is 0 Å². The first-order valence-corrected chi connectivity index (χ1v) is 4.27. The number of ether oxygens (including phenoxy) is 2. The van der Waals surface area contributed by atoms with Crippen LogP contribution < -0.4 is 0 Å². The Morgan fingerprint density at radius 1 is 1.75 bits per heavy atom. The summed E-state index contributed by atoms with van der Waals surface area (Å²) in [6, 6.07) is 0. The molecule has 0 unspecified atom stereocenters. The third kappa shape index (κ3) is 3.05.